The van der Waals surface area contributed by atoms with Crippen molar-refractivity contribution < 1.29 is 26.4 Å². The van der Waals surface area contributed by atoms with Gasteiger partial charge in [0.15, 0.2) is 0 Å². The van der Waals surface area contributed by atoms with E-state index in [-0.39, 0.29) is 56.6 Å². The van der Waals surface area contributed by atoms with Crippen LogP contribution in [0.25, 0.3) is 0 Å². The van der Waals surface area contributed by atoms with Gasteiger partial charge in [0.25, 0.3) is 10.2 Å². The lowest BCUT2D eigenvalue weighted by Gasteiger charge is -2.39. The first-order valence-corrected chi connectivity index (χ1v) is 15.0. The first-order valence-electron chi connectivity index (χ1n) is 11.8. The van der Waals surface area contributed by atoms with Crippen molar-refractivity contribution >= 4 is 43.4 Å². The maximum Gasteiger partial charge on any atom is 0.282 e. The van der Waals surface area contributed by atoms with Crippen LogP contribution in [0.15, 0.2) is 53.4 Å². The van der Waals surface area contributed by atoms with Gasteiger partial charge in [-0.1, -0.05) is 29.8 Å². The van der Waals surface area contributed by atoms with Crippen molar-refractivity contribution in [2.24, 2.45) is 0 Å². The zero-order valence-electron chi connectivity index (χ0n) is 20.4. The highest BCUT2D eigenvalue weighted by Gasteiger charge is 2.37. The molecule has 2 aliphatic rings. The number of carbonyl (C=O) groups excluding carboxylic acids is 1. The number of hydrogen-bond acceptors (Lipinski definition) is 7. The van der Waals surface area contributed by atoms with Crippen molar-refractivity contribution in [3.05, 3.63) is 53.6 Å². The Balaban J connectivity index is 1.28. The van der Waals surface area contributed by atoms with Crippen LogP contribution >= 0.6 is 11.6 Å². The van der Waals surface area contributed by atoms with Crippen molar-refractivity contribution in [2.45, 2.75) is 4.90 Å². The number of halogens is 1. The Hall–Kier alpha value is -2.26. The molecule has 14 heteroatoms. The standard InChI is InChI=1S/C23H30ClN5O6S2/c1-35-22-8-7-19(24)17-21(22)25-23(30)18-26-9-11-28(12-10-26)37(33,34)29-15-13-27(14-16-29)36(31,32)20-5-3-2-4-6-20/h2-8,17H,9-16,18H2,1H3,(H,25,30). The molecule has 2 aromatic carbocycles. The summed E-state index contributed by atoms with van der Waals surface area (Å²) in [6, 6.07) is 13.1. The number of methoxy groups -OCH3 is 1. The molecule has 2 saturated heterocycles. The number of sulfonamides is 1. The Morgan fingerprint density at radius 2 is 1.43 bits per heavy atom. The van der Waals surface area contributed by atoms with Gasteiger partial charge in [-0.25, -0.2) is 8.42 Å². The largest absolute Gasteiger partial charge is 0.495 e. The molecule has 0 radical (unpaired) electrons. The number of amides is 1. The SMILES string of the molecule is COc1ccc(Cl)cc1NC(=O)CN1CCN(S(=O)(=O)N2CCN(S(=O)(=O)c3ccccc3)CC2)CC1. The average molecular weight is 572 g/mol. The molecule has 1 N–H and O–H groups in total. The predicted octanol–water partition coefficient (Wildman–Crippen LogP) is 1.16. The number of nitrogens with zero attached hydrogens (tertiary/aromatic N) is 4. The molecule has 0 spiro atoms. The van der Waals surface area contributed by atoms with E-state index in [1.165, 1.54) is 32.2 Å². The van der Waals surface area contributed by atoms with Crippen LogP contribution < -0.4 is 10.1 Å². The summed E-state index contributed by atoms with van der Waals surface area (Å²) in [5.41, 5.74) is 0.467. The second kappa shape index (κ2) is 11.6. The van der Waals surface area contributed by atoms with Gasteiger partial charge < -0.3 is 10.1 Å². The van der Waals surface area contributed by atoms with Crippen LogP contribution in [-0.4, -0.2) is 107 Å². The van der Waals surface area contributed by atoms with Crippen molar-refractivity contribution in [1.29, 1.82) is 0 Å². The Bertz CT molecular complexity index is 1310. The normalized spacial score (nSPS) is 19.0. The van der Waals surface area contributed by atoms with Crippen molar-refractivity contribution in [1.82, 2.24) is 17.8 Å². The lowest BCUT2D eigenvalue weighted by atomic mass is 10.3. The van der Waals surface area contributed by atoms with E-state index in [9.17, 15) is 21.6 Å². The monoisotopic (exact) mass is 571 g/mol. The smallest absolute Gasteiger partial charge is 0.282 e. The Labute approximate surface area is 222 Å². The number of rotatable bonds is 8. The van der Waals surface area contributed by atoms with E-state index in [0.717, 1.165) is 0 Å². The van der Waals surface area contributed by atoms with Crippen LogP contribution in [0.1, 0.15) is 0 Å². The molecule has 0 aliphatic carbocycles. The molecule has 2 aliphatic heterocycles. The summed E-state index contributed by atoms with van der Waals surface area (Å²) in [5, 5.41) is 3.25. The first-order chi connectivity index (χ1) is 17.6. The Morgan fingerprint density at radius 1 is 0.865 bits per heavy atom. The van der Waals surface area contributed by atoms with Gasteiger partial charge in [-0.3, -0.25) is 9.69 Å². The summed E-state index contributed by atoms with van der Waals surface area (Å²) in [6.45, 7) is 1.68. The van der Waals surface area contributed by atoms with E-state index in [2.05, 4.69) is 5.32 Å². The highest BCUT2D eigenvalue weighted by atomic mass is 35.5. The third kappa shape index (κ3) is 6.42. The number of ether oxygens (including phenoxy) is 1. The zero-order chi connectivity index (χ0) is 26.6. The molecule has 2 heterocycles. The van der Waals surface area contributed by atoms with Crippen molar-refractivity contribution in [3.63, 3.8) is 0 Å². The van der Waals surface area contributed by atoms with Gasteiger partial charge in [-0.2, -0.15) is 21.3 Å². The molecule has 0 aromatic heterocycles. The molecular formula is C23H30ClN5O6S2. The van der Waals surface area contributed by atoms with Crippen LogP contribution in [0.4, 0.5) is 5.69 Å². The number of benzene rings is 2. The van der Waals surface area contributed by atoms with E-state index in [1.54, 1.807) is 36.4 Å². The molecule has 11 nitrogen and oxygen atoms in total. The van der Waals surface area contributed by atoms with Gasteiger partial charge in [0, 0.05) is 57.4 Å². The van der Waals surface area contributed by atoms with Gasteiger partial charge in [0.1, 0.15) is 5.75 Å². The molecule has 0 saturated carbocycles. The Morgan fingerprint density at radius 3 is 2.03 bits per heavy atom. The van der Waals surface area contributed by atoms with Crippen LogP contribution in [0.5, 0.6) is 5.75 Å². The van der Waals surface area contributed by atoms with E-state index >= 15 is 0 Å². The summed E-state index contributed by atoms with van der Waals surface area (Å²) in [7, 11) is -5.91. The highest BCUT2D eigenvalue weighted by molar-refractivity contribution is 7.89. The summed E-state index contributed by atoms with van der Waals surface area (Å²) < 4.78 is 61.4. The van der Waals surface area contributed by atoms with Gasteiger partial charge in [-0.05, 0) is 30.3 Å². The minimum atomic E-state index is -3.75. The number of piperazine rings is 2. The van der Waals surface area contributed by atoms with E-state index in [0.29, 0.717) is 29.5 Å². The van der Waals surface area contributed by atoms with E-state index in [4.69, 9.17) is 16.3 Å². The van der Waals surface area contributed by atoms with E-state index in [1.807, 2.05) is 4.90 Å². The van der Waals surface area contributed by atoms with Crippen LogP contribution in [-0.2, 0) is 25.0 Å². The zero-order valence-corrected chi connectivity index (χ0v) is 22.8. The van der Waals surface area contributed by atoms with Crippen LogP contribution in [0, 0.1) is 0 Å². The summed E-state index contributed by atoms with van der Waals surface area (Å²) in [5.74, 6) is 0.234. The molecule has 2 aromatic rings. The number of anilines is 1. The molecular weight excluding hydrogens is 542 g/mol. The molecule has 4 rings (SSSR count). The molecule has 202 valence electrons. The number of hydrogen-bond donors (Lipinski definition) is 1. The Kier molecular flexibility index (Phi) is 8.74. The molecule has 1 amide bonds. The first kappa shape index (κ1) is 27.8. The van der Waals surface area contributed by atoms with Crippen molar-refractivity contribution in [3.8, 4) is 5.75 Å². The van der Waals surface area contributed by atoms with Gasteiger partial charge >= 0.3 is 0 Å². The fourth-order valence-corrected chi connectivity index (χ4v) is 7.53. The molecule has 0 unspecified atom stereocenters. The summed E-state index contributed by atoms with van der Waals surface area (Å²) in [4.78, 5) is 14.6. The molecule has 2 fully saturated rings. The number of nitrogens with one attached hydrogen (secondary N) is 1. The maximum atomic E-state index is 13.2. The van der Waals surface area contributed by atoms with Crippen LogP contribution in [0.3, 0.4) is 0 Å². The van der Waals surface area contributed by atoms with Crippen molar-refractivity contribution in [2.75, 3.05) is 71.3 Å². The third-order valence-corrected chi connectivity index (χ3v) is 10.5. The maximum absolute atomic E-state index is 13.2. The summed E-state index contributed by atoms with van der Waals surface area (Å²) in [6.07, 6.45) is 0. The molecule has 0 atom stereocenters. The van der Waals surface area contributed by atoms with Gasteiger partial charge in [0.05, 0.1) is 24.2 Å². The minimum Gasteiger partial charge on any atom is -0.495 e. The average Bonchev–Trinajstić information content (AvgIpc) is 2.89. The molecule has 37 heavy (non-hydrogen) atoms. The predicted molar refractivity (Wildman–Crippen MR) is 140 cm³/mol. The fraction of sp³-hybridized carbons (Fsp3) is 0.435. The highest BCUT2D eigenvalue weighted by Crippen LogP contribution is 2.27. The lowest BCUT2D eigenvalue weighted by molar-refractivity contribution is -0.117. The van der Waals surface area contributed by atoms with Gasteiger partial charge in [0.2, 0.25) is 15.9 Å². The number of carbonyl (C=O) groups is 1. The molecule has 0 bridgehead atoms. The quantitative estimate of drug-likeness (QED) is 0.505. The second-order valence-corrected chi connectivity index (χ2v) is 13.0. The van der Waals surface area contributed by atoms with Gasteiger partial charge in [-0.15, -0.1) is 0 Å². The lowest BCUT2D eigenvalue weighted by Crippen LogP contribution is -2.57. The summed E-state index contributed by atoms with van der Waals surface area (Å²) >= 11 is 6.01. The van der Waals surface area contributed by atoms with E-state index < -0.39 is 20.2 Å². The van der Waals surface area contributed by atoms with Crippen LogP contribution in [0.2, 0.25) is 5.02 Å². The topological polar surface area (TPSA) is 120 Å². The third-order valence-electron chi connectivity index (χ3n) is 6.37. The minimum absolute atomic E-state index is 0.0818. The fourth-order valence-electron chi connectivity index (χ4n) is 4.33. The second-order valence-electron chi connectivity index (χ2n) is 8.69.